The predicted molar refractivity (Wildman–Crippen MR) is 79.3 cm³/mol. The third-order valence-corrected chi connectivity index (χ3v) is 5.63. The van der Waals surface area contributed by atoms with Crippen molar-refractivity contribution in [2.45, 2.75) is 51.1 Å². The van der Waals surface area contributed by atoms with Crippen LogP contribution in [0.3, 0.4) is 0 Å². The second-order valence-electron chi connectivity index (χ2n) is 5.41. The van der Waals surface area contributed by atoms with E-state index in [1.807, 2.05) is 25.1 Å². The summed E-state index contributed by atoms with van der Waals surface area (Å²) >= 11 is 0. The molecule has 2 rings (SSSR count). The van der Waals surface area contributed by atoms with Gasteiger partial charge in [-0.05, 0) is 31.9 Å². The van der Waals surface area contributed by atoms with Gasteiger partial charge in [-0.2, -0.15) is 17.4 Å². The molecule has 1 fully saturated rings. The van der Waals surface area contributed by atoms with E-state index in [9.17, 15) is 8.42 Å². The molecule has 0 aromatic carbocycles. The molecule has 0 saturated heterocycles. The SMILES string of the molecule is C[C@@H](NS(=O)(=O)N(C)C1CCCCC1)c1ccccn1. The van der Waals surface area contributed by atoms with E-state index in [-0.39, 0.29) is 12.1 Å². The van der Waals surface area contributed by atoms with E-state index in [2.05, 4.69) is 9.71 Å². The highest BCUT2D eigenvalue weighted by Crippen LogP contribution is 2.23. The fourth-order valence-electron chi connectivity index (χ4n) is 2.64. The predicted octanol–water partition coefficient (Wildman–Crippen LogP) is 2.24. The zero-order chi connectivity index (χ0) is 14.6. The van der Waals surface area contributed by atoms with Gasteiger partial charge in [-0.25, -0.2) is 0 Å². The van der Waals surface area contributed by atoms with Crippen LogP contribution in [-0.4, -0.2) is 30.8 Å². The van der Waals surface area contributed by atoms with Gasteiger partial charge in [0.15, 0.2) is 0 Å². The molecule has 1 heterocycles. The highest BCUT2D eigenvalue weighted by molar-refractivity contribution is 7.87. The van der Waals surface area contributed by atoms with Crippen LogP contribution in [-0.2, 0) is 10.2 Å². The Morgan fingerprint density at radius 2 is 2.00 bits per heavy atom. The van der Waals surface area contributed by atoms with Gasteiger partial charge < -0.3 is 0 Å². The first kappa shape index (κ1) is 15.4. The van der Waals surface area contributed by atoms with E-state index in [1.54, 1.807) is 13.2 Å². The Hall–Kier alpha value is -0.980. The molecule has 0 amide bonds. The monoisotopic (exact) mass is 297 g/mol. The Balaban J connectivity index is 2.02. The fourth-order valence-corrected chi connectivity index (χ4v) is 3.98. The highest BCUT2D eigenvalue weighted by Gasteiger charge is 2.28. The van der Waals surface area contributed by atoms with Crippen LogP contribution in [0, 0.1) is 0 Å². The molecule has 1 aromatic heterocycles. The van der Waals surface area contributed by atoms with Crippen molar-refractivity contribution in [1.29, 1.82) is 0 Å². The van der Waals surface area contributed by atoms with Crippen molar-refractivity contribution in [2.24, 2.45) is 0 Å². The lowest BCUT2D eigenvalue weighted by Gasteiger charge is -2.31. The maximum absolute atomic E-state index is 12.4. The molecule has 5 nitrogen and oxygen atoms in total. The lowest BCUT2D eigenvalue weighted by Crippen LogP contribution is -2.45. The van der Waals surface area contributed by atoms with E-state index < -0.39 is 10.2 Å². The minimum atomic E-state index is -3.46. The van der Waals surface area contributed by atoms with Crippen molar-refractivity contribution < 1.29 is 8.42 Å². The van der Waals surface area contributed by atoms with E-state index in [0.29, 0.717) is 0 Å². The van der Waals surface area contributed by atoms with Crippen LogP contribution < -0.4 is 4.72 Å². The molecular formula is C14H23N3O2S. The number of nitrogens with zero attached hydrogens (tertiary/aromatic N) is 2. The van der Waals surface area contributed by atoms with Crippen molar-refractivity contribution in [3.8, 4) is 0 Å². The van der Waals surface area contributed by atoms with E-state index in [1.165, 1.54) is 10.7 Å². The Morgan fingerprint density at radius 1 is 1.30 bits per heavy atom. The molecule has 20 heavy (non-hydrogen) atoms. The minimum Gasteiger partial charge on any atom is -0.260 e. The maximum atomic E-state index is 12.4. The quantitative estimate of drug-likeness (QED) is 0.906. The first-order valence-corrected chi connectivity index (χ1v) is 8.61. The lowest BCUT2D eigenvalue weighted by molar-refractivity contribution is 0.281. The number of rotatable bonds is 5. The summed E-state index contributed by atoms with van der Waals surface area (Å²) in [6.45, 7) is 1.81. The largest absolute Gasteiger partial charge is 0.280 e. The Morgan fingerprint density at radius 3 is 2.60 bits per heavy atom. The summed E-state index contributed by atoms with van der Waals surface area (Å²) in [7, 11) is -1.79. The van der Waals surface area contributed by atoms with Crippen LogP contribution >= 0.6 is 0 Å². The second-order valence-corrected chi connectivity index (χ2v) is 7.17. The first-order valence-electron chi connectivity index (χ1n) is 7.17. The number of hydrogen-bond acceptors (Lipinski definition) is 3. The zero-order valence-corrected chi connectivity index (χ0v) is 12.9. The molecule has 0 unspecified atom stereocenters. The van der Waals surface area contributed by atoms with Gasteiger partial charge in [0, 0.05) is 19.3 Å². The van der Waals surface area contributed by atoms with Gasteiger partial charge in [0.05, 0.1) is 11.7 Å². The van der Waals surface area contributed by atoms with Crippen molar-refractivity contribution in [3.05, 3.63) is 30.1 Å². The normalized spacial score (nSPS) is 19.1. The van der Waals surface area contributed by atoms with Gasteiger partial charge in [0.1, 0.15) is 0 Å². The smallest absolute Gasteiger partial charge is 0.260 e. The number of aromatic nitrogens is 1. The minimum absolute atomic E-state index is 0.122. The molecule has 0 aliphatic heterocycles. The Kier molecular flexibility index (Phi) is 5.12. The van der Waals surface area contributed by atoms with Crippen molar-refractivity contribution in [2.75, 3.05) is 7.05 Å². The van der Waals surface area contributed by atoms with Crippen LogP contribution in [0.25, 0.3) is 0 Å². The number of nitrogens with one attached hydrogen (secondary N) is 1. The molecule has 0 spiro atoms. The molecule has 0 bridgehead atoms. The Labute approximate surface area is 121 Å². The molecule has 1 atom stereocenters. The zero-order valence-electron chi connectivity index (χ0n) is 12.1. The molecule has 0 radical (unpaired) electrons. The fraction of sp³-hybridized carbons (Fsp3) is 0.643. The second kappa shape index (κ2) is 6.65. The summed E-state index contributed by atoms with van der Waals surface area (Å²) in [5, 5.41) is 0. The van der Waals surface area contributed by atoms with E-state index >= 15 is 0 Å². The molecule has 112 valence electrons. The standard InChI is InChI=1S/C14H23N3O2S/c1-12(14-10-6-7-11-15-14)16-20(18,19)17(2)13-8-4-3-5-9-13/h6-7,10-13,16H,3-5,8-9H2,1-2H3/t12-/m1/s1. The lowest BCUT2D eigenvalue weighted by atomic mass is 9.96. The summed E-state index contributed by atoms with van der Waals surface area (Å²) in [4.78, 5) is 4.19. The maximum Gasteiger partial charge on any atom is 0.280 e. The van der Waals surface area contributed by atoms with Crippen molar-refractivity contribution in [3.63, 3.8) is 0 Å². The summed E-state index contributed by atoms with van der Waals surface area (Å²) in [6, 6.07) is 5.30. The molecule has 1 aliphatic rings. The number of pyridine rings is 1. The summed E-state index contributed by atoms with van der Waals surface area (Å²) in [5.74, 6) is 0. The van der Waals surface area contributed by atoms with Gasteiger partial charge >= 0.3 is 0 Å². The average Bonchev–Trinajstić information content (AvgIpc) is 2.48. The molecule has 6 heteroatoms. The van der Waals surface area contributed by atoms with Gasteiger partial charge in [-0.15, -0.1) is 0 Å². The van der Waals surface area contributed by atoms with Crippen LogP contribution in [0.15, 0.2) is 24.4 Å². The average molecular weight is 297 g/mol. The highest BCUT2D eigenvalue weighted by atomic mass is 32.2. The first-order chi connectivity index (χ1) is 9.50. The topological polar surface area (TPSA) is 62.3 Å². The molecule has 1 N–H and O–H groups in total. The Bertz CT molecular complexity index is 512. The van der Waals surface area contributed by atoms with Gasteiger partial charge in [-0.3, -0.25) is 4.98 Å². The third kappa shape index (κ3) is 3.77. The molecule has 1 aromatic rings. The van der Waals surface area contributed by atoms with Crippen LogP contribution in [0.2, 0.25) is 0 Å². The van der Waals surface area contributed by atoms with Gasteiger partial charge in [0.2, 0.25) is 0 Å². The van der Waals surface area contributed by atoms with E-state index in [0.717, 1.165) is 31.4 Å². The number of hydrogen-bond donors (Lipinski definition) is 1. The summed E-state index contributed by atoms with van der Waals surface area (Å²) < 4.78 is 29.0. The van der Waals surface area contributed by atoms with Crippen molar-refractivity contribution >= 4 is 10.2 Å². The van der Waals surface area contributed by atoms with Gasteiger partial charge in [0.25, 0.3) is 10.2 Å². The van der Waals surface area contributed by atoms with Crippen LogP contribution in [0.5, 0.6) is 0 Å². The van der Waals surface area contributed by atoms with Gasteiger partial charge in [-0.1, -0.05) is 25.3 Å². The summed E-state index contributed by atoms with van der Waals surface area (Å²) in [5.41, 5.74) is 0.730. The van der Waals surface area contributed by atoms with Crippen LogP contribution in [0.1, 0.15) is 50.8 Å². The van der Waals surface area contributed by atoms with Crippen molar-refractivity contribution in [1.82, 2.24) is 14.0 Å². The van der Waals surface area contributed by atoms with E-state index in [4.69, 9.17) is 0 Å². The van der Waals surface area contributed by atoms with Crippen LogP contribution in [0.4, 0.5) is 0 Å². The molecule has 1 saturated carbocycles. The summed E-state index contributed by atoms with van der Waals surface area (Å²) in [6.07, 6.45) is 7.01. The third-order valence-electron chi connectivity index (χ3n) is 3.93. The molecular weight excluding hydrogens is 274 g/mol. The molecule has 1 aliphatic carbocycles.